The predicted molar refractivity (Wildman–Crippen MR) is 58.9 cm³/mol. The Morgan fingerprint density at radius 1 is 1.67 bits per heavy atom. The Morgan fingerprint density at radius 3 is 3.20 bits per heavy atom. The van der Waals surface area contributed by atoms with E-state index in [2.05, 4.69) is 22.2 Å². The van der Waals surface area contributed by atoms with Gasteiger partial charge < -0.3 is 20.9 Å². The van der Waals surface area contributed by atoms with Gasteiger partial charge in [-0.3, -0.25) is 4.79 Å². The Balaban J connectivity index is 2.28. The van der Waals surface area contributed by atoms with Crippen molar-refractivity contribution in [3.05, 3.63) is 16.7 Å². The largest absolute Gasteiger partial charge is 0.391 e. The van der Waals surface area contributed by atoms with E-state index in [1.54, 1.807) is 0 Å². The Kier molecular flexibility index (Phi) is 2.59. The van der Waals surface area contributed by atoms with Crippen LogP contribution in [0.4, 0.5) is 11.5 Å². The summed E-state index contributed by atoms with van der Waals surface area (Å²) in [6.45, 7) is 4.62. The van der Waals surface area contributed by atoms with Gasteiger partial charge in [0.25, 0.3) is 5.56 Å². The molecule has 0 aliphatic carbocycles. The minimum absolute atomic E-state index is 0.201. The minimum atomic E-state index is -0.272. The first-order valence-corrected chi connectivity index (χ1v) is 5.00. The van der Waals surface area contributed by atoms with E-state index >= 15 is 0 Å². The van der Waals surface area contributed by atoms with Crippen molar-refractivity contribution in [1.82, 2.24) is 15.3 Å². The lowest BCUT2D eigenvalue weighted by atomic mass is 10.2. The molecular weight excluding hydrogens is 194 g/mol. The topological polar surface area (TPSA) is 87.0 Å². The molecule has 0 radical (unpaired) electrons. The van der Waals surface area contributed by atoms with E-state index < -0.39 is 0 Å². The number of aromatic amines is 1. The second-order valence-electron chi connectivity index (χ2n) is 3.77. The summed E-state index contributed by atoms with van der Waals surface area (Å²) in [5.41, 5.74) is 5.62. The van der Waals surface area contributed by atoms with Gasteiger partial charge in [0.05, 0.1) is 6.33 Å². The van der Waals surface area contributed by atoms with Crippen LogP contribution >= 0.6 is 0 Å². The number of H-pyrrole nitrogens is 1. The molecule has 0 bridgehead atoms. The van der Waals surface area contributed by atoms with Crippen LogP contribution in [0.2, 0.25) is 0 Å². The molecule has 1 fully saturated rings. The number of piperazine rings is 1. The summed E-state index contributed by atoms with van der Waals surface area (Å²) in [6, 6.07) is 0.388. The number of hydrogen-bond acceptors (Lipinski definition) is 5. The van der Waals surface area contributed by atoms with Crippen LogP contribution in [0.5, 0.6) is 0 Å². The maximum atomic E-state index is 11.3. The lowest BCUT2D eigenvalue weighted by molar-refractivity contribution is 0.482. The van der Waals surface area contributed by atoms with E-state index in [-0.39, 0.29) is 11.2 Å². The van der Waals surface area contributed by atoms with Gasteiger partial charge in [0.2, 0.25) is 0 Å². The summed E-state index contributed by atoms with van der Waals surface area (Å²) >= 11 is 0. The Bertz CT molecular complexity index is 402. The lowest BCUT2D eigenvalue weighted by Crippen LogP contribution is -2.50. The molecule has 1 saturated heterocycles. The van der Waals surface area contributed by atoms with Crippen LogP contribution in [0.25, 0.3) is 0 Å². The first kappa shape index (κ1) is 9.97. The molecule has 82 valence electrons. The summed E-state index contributed by atoms with van der Waals surface area (Å²) in [5.74, 6) is 0.590. The van der Waals surface area contributed by atoms with E-state index in [0.29, 0.717) is 11.9 Å². The van der Waals surface area contributed by atoms with Crippen molar-refractivity contribution in [3.63, 3.8) is 0 Å². The molecule has 0 spiro atoms. The molecule has 2 rings (SSSR count). The van der Waals surface area contributed by atoms with Crippen LogP contribution < -0.4 is 21.5 Å². The van der Waals surface area contributed by atoms with Crippen LogP contribution in [0, 0.1) is 0 Å². The molecule has 0 saturated carbocycles. The van der Waals surface area contributed by atoms with Gasteiger partial charge in [-0.05, 0) is 6.92 Å². The number of nitrogens with one attached hydrogen (secondary N) is 2. The van der Waals surface area contributed by atoms with E-state index in [4.69, 9.17) is 5.73 Å². The highest BCUT2D eigenvalue weighted by Crippen LogP contribution is 2.16. The van der Waals surface area contributed by atoms with E-state index in [0.717, 1.165) is 19.6 Å². The van der Waals surface area contributed by atoms with Crippen molar-refractivity contribution >= 4 is 11.5 Å². The third-order valence-corrected chi connectivity index (χ3v) is 2.54. The van der Waals surface area contributed by atoms with Gasteiger partial charge in [-0.15, -0.1) is 0 Å². The Hall–Kier alpha value is -1.56. The molecule has 1 atom stereocenters. The van der Waals surface area contributed by atoms with Gasteiger partial charge in [-0.25, -0.2) is 4.98 Å². The Labute approximate surface area is 87.5 Å². The zero-order valence-corrected chi connectivity index (χ0v) is 8.66. The van der Waals surface area contributed by atoms with Crippen molar-refractivity contribution in [2.45, 2.75) is 13.0 Å². The highest BCUT2D eigenvalue weighted by Gasteiger charge is 2.19. The highest BCUT2D eigenvalue weighted by atomic mass is 16.1. The first-order valence-electron chi connectivity index (χ1n) is 5.00. The van der Waals surface area contributed by atoms with Crippen LogP contribution in [0.1, 0.15) is 6.92 Å². The predicted octanol–water partition coefficient (Wildman–Crippen LogP) is -0.850. The smallest absolute Gasteiger partial charge is 0.276 e. The van der Waals surface area contributed by atoms with Crippen molar-refractivity contribution in [2.75, 3.05) is 30.3 Å². The Morgan fingerprint density at radius 2 is 2.47 bits per heavy atom. The quantitative estimate of drug-likeness (QED) is 0.561. The molecule has 1 aliphatic heterocycles. The molecule has 4 N–H and O–H groups in total. The molecule has 0 amide bonds. The van der Waals surface area contributed by atoms with E-state index in [1.165, 1.54) is 6.33 Å². The lowest BCUT2D eigenvalue weighted by Gasteiger charge is -2.32. The second kappa shape index (κ2) is 3.90. The monoisotopic (exact) mass is 209 g/mol. The standard InChI is InChI=1S/C9H15N5O/c1-6-4-14(3-2-11-6)8-7(10)9(15)13-5-12-8/h5-6,11H,2-4,10H2,1H3,(H,12,13,15). The normalized spacial score (nSPS) is 21.7. The molecule has 15 heavy (non-hydrogen) atoms. The molecule has 1 aromatic rings. The fourth-order valence-corrected chi connectivity index (χ4v) is 1.78. The maximum Gasteiger partial charge on any atom is 0.276 e. The molecule has 2 heterocycles. The van der Waals surface area contributed by atoms with Crippen LogP contribution in [-0.4, -0.2) is 35.6 Å². The average Bonchev–Trinajstić information content (AvgIpc) is 2.22. The number of aromatic nitrogens is 2. The molecule has 6 nitrogen and oxygen atoms in total. The van der Waals surface area contributed by atoms with Crippen LogP contribution in [0.3, 0.4) is 0 Å². The zero-order valence-electron chi connectivity index (χ0n) is 8.66. The molecule has 1 aromatic heterocycles. The summed E-state index contributed by atoms with van der Waals surface area (Å²) in [7, 11) is 0. The van der Waals surface area contributed by atoms with Crippen LogP contribution in [0.15, 0.2) is 11.1 Å². The summed E-state index contributed by atoms with van der Waals surface area (Å²) in [4.78, 5) is 19.9. The second-order valence-corrected chi connectivity index (χ2v) is 3.77. The number of anilines is 2. The third-order valence-electron chi connectivity index (χ3n) is 2.54. The summed E-state index contributed by atoms with van der Waals surface area (Å²) in [5, 5.41) is 3.32. The summed E-state index contributed by atoms with van der Waals surface area (Å²) < 4.78 is 0. The van der Waals surface area contributed by atoms with Crippen molar-refractivity contribution in [3.8, 4) is 0 Å². The zero-order chi connectivity index (χ0) is 10.8. The number of nitrogen functional groups attached to an aromatic ring is 1. The van der Waals surface area contributed by atoms with Gasteiger partial charge in [0.15, 0.2) is 5.82 Å². The number of hydrogen-bond donors (Lipinski definition) is 3. The molecule has 0 aromatic carbocycles. The number of rotatable bonds is 1. The third kappa shape index (κ3) is 1.94. The minimum Gasteiger partial charge on any atom is -0.391 e. The van der Waals surface area contributed by atoms with Crippen LogP contribution in [-0.2, 0) is 0 Å². The SMILES string of the molecule is CC1CN(c2nc[nH]c(=O)c2N)CCN1. The maximum absolute atomic E-state index is 11.3. The fourth-order valence-electron chi connectivity index (χ4n) is 1.78. The van der Waals surface area contributed by atoms with Gasteiger partial charge in [0, 0.05) is 25.7 Å². The summed E-state index contributed by atoms with van der Waals surface area (Å²) in [6.07, 6.45) is 1.39. The average molecular weight is 209 g/mol. The van der Waals surface area contributed by atoms with Crippen molar-refractivity contribution < 1.29 is 0 Å². The first-order chi connectivity index (χ1) is 7.18. The van der Waals surface area contributed by atoms with Crippen molar-refractivity contribution in [2.24, 2.45) is 0 Å². The molecule has 6 heteroatoms. The number of nitrogens with two attached hydrogens (primary N) is 1. The van der Waals surface area contributed by atoms with Gasteiger partial charge in [-0.2, -0.15) is 0 Å². The number of nitrogens with zero attached hydrogens (tertiary/aromatic N) is 2. The van der Waals surface area contributed by atoms with Gasteiger partial charge in [0.1, 0.15) is 5.69 Å². The van der Waals surface area contributed by atoms with Gasteiger partial charge in [-0.1, -0.05) is 0 Å². The molecule has 1 unspecified atom stereocenters. The van der Waals surface area contributed by atoms with E-state index in [9.17, 15) is 4.79 Å². The highest BCUT2D eigenvalue weighted by molar-refractivity contribution is 5.61. The van der Waals surface area contributed by atoms with E-state index in [1.807, 2.05) is 4.90 Å². The fraction of sp³-hybridized carbons (Fsp3) is 0.556. The molecular formula is C9H15N5O. The van der Waals surface area contributed by atoms with Crippen molar-refractivity contribution in [1.29, 1.82) is 0 Å². The molecule has 1 aliphatic rings. The van der Waals surface area contributed by atoms with Gasteiger partial charge >= 0.3 is 0 Å².